The summed E-state index contributed by atoms with van der Waals surface area (Å²) < 4.78 is 0. The standard InChI is InChI=1S/C15H18N2O2S2/c18-13-3-1-11(2-4-13)16-14(19)7-12-9-21-15(17-12)10-5-6-20-8-10/h5-6,8-9,11,13,18H,1-4,7H2,(H,16,19). The first-order valence-electron chi connectivity index (χ1n) is 7.15. The van der Waals surface area contributed by atoms with Crippen molar-refractivity contribution in [3.63, 3.8) is 0 Å². The summed E-state index contributed by atoms with van der Waals surface area (Å²) >= 11 is 3.23. The molecule has 0 saturated heterocycles. The minimum atomic E-state index is -0.190. The lowest BCUT2D eigenvalue weighted by Crippen LogP contribution is -2.39. The highest BCUT2D eigenvalue weighted by Gasteiger charge is 2.21. The number of thiazole rings is 1. The normalized spacial score (nSPS) is 22.1. The Morgan fingerprint density at radius 2 is 2.14 bits per heavy atom. The first-order chi connectivity index (χ1) is 10.2. The molecule has 6 heteroatoms. The van der Waals surface area contributed by atoms with Crippen LogP contribution in [0.2, 0.25) is 0 Å². The molecule has 0 atom stereocenters. The third-order valence-electron chi connectivity index (χ3n) is 3.72. The molecule has 2 aromatic heterocycles. The Labute approximate surface area is 131 Å². The Hall–Kier alpha value is -1.24. The van der Waals surface area contributed by atoms with Gasteiger partial charge in [-0.1, -0.05) is 0 Å². The summed E-state index contributed by atoms with van der Waals surface area (Å²) in [6, 6.07) is 2.25. The minimum absolute atomic E-state index is 0.0264. The van der Waals surface area contributed by atoms with E-state index >= 15 is 0 Å². The van der Waals surface area contributed by atoms with E-state index in [1.54, 1.807) is 22.7 Å². The van der Waals surface area contributed by atoms with Gasteiger partial charge in [0.25, 0.3) is 0 Å². The van der Waals surface area contributed by atoms with Crippen LogP contribution in [0.15, 0.2) is 22.2 Å². The quantitative estimate of drug-likeness (QED) is 0.910. The van der Waals surface area contributed by atoms with Crippen LogP contribution in [0.1, 0.15) is 31.4 Å². The van der Waals surface area contributed by atoms with Gasteiger partial charge >= 0.3 is 0 Å². The van der Waals surface area contributed by atoms with E-state index in [2.05, 4.69) is 15.7 Å². The highest BCUT2D eigenvalue weighted by atomic mass is 32.1. The smallest absolute Gasteiger partial charge is 0.226 e. The molecule has 4 nitrogen and oxygen atoms in total. The summed E-state index contributed by atoms with van der Waals surface area (Å²) in [5, 5.41) is 19.5. The SMILES string of the molecule is O=C(Cc1csc(-c2ccsc2)n1)NC1CCC(O)CC1. The average molecular weight is 322 g/mol. The Balaban J connectivity index is 1.53. The third-order valence-corrected chi connectivity index (χ3v) is 5.35. The number of thiophene rings is 1. The number of amides is 1. The van der Waals surface area contributed by atoms with Crippen LogP contribution in [0.4, 0.5) is 0 Å². The number of nitrogens with one attached hydrogen (secondary N) is 1. The Kier molecular flexibility index (Phi) is 4.67. The fraction of sp³-hybridized carbons (Fsp3) is 0.467. The lowest BCUT2D eigenvalue weighted by molar-refractivity contribution is -0.121. The van der Waals surface area contributed by atoms with Crippen molar-refractivity contribution in [2.75, 3.05) is 0 Å². The highest BCUT2D eigenvalue weighted by Crippen LogP contribution is 2.26. The molecule has 1 fully saturated rings. The van der Waals surface area contributed by atoms with Crippen LogP contribution in [-0.2, 0) is 11.2 Å². The molecule has 2 N–H and O–H groups in total. The molecule has 0 radical (unpaired) electrons. The molecule has 1 amide bonds. The highest BCUT2D eigenvalue weighted by molar-refractivity contribution is 7.14. The first kappa shape index (κ1) is 14.7. The fourth-order valence-electron chi connectivity index (χ4n) is 2.57. The van der Waals surface area contributed by atoms with Gasteiger partial charge in [0.15, 0.2) is 0 Å². The van der Waals surface area contributed by atoms with E-state index in [0.29, 0.717) is 6.42 Å². The maximum Gasteiger partial charge on any atom is 0.226 e. The molecule has 0 aliphatic heterocycles. The van der Waals surface area contributed by atoms with Crippen molar-refractivity contribution in [2.45, 2.75) is 44.2 Å². The largest absolute Gasteiger partial charge is 0.393 e. The molecule has 0 aromatic carbocycles. The van der Waals surface area contributed by atoms with Crippen LogP contribution in [0.3, 0.4) is 0 Å². The van der Waals surface area contributed by atoms with Crippen molar-refractivity contribution >= 4 is 28.6 Å². The summed E-state index contributed by atoms with van der Waals surface area (Å²) in [5.74, 6) is 0.0264. The van der Waals surface area contributed by atoms with Crippen molar-refractivity contribution in [3.05, 3.63) is 27.9 Å². The van der Waals surface area contributed by atoms with Gasteiger partial charge in [-0.05, 0) is 37.1 Å². The molecule has 1 aliphatic rings. The molecule has 0 bridgehead atoms. The summed E-state index contributed by atoms with van der Waals surface area (Å²) in [5.41, 5.74) is 1.95. The summed E-state index contributed by atoms with van der Waals surface area (Å²) in [6.07, 6.45) is 3.44. The number of carbonyl (C=O) groups is 1. The number of rotatable bonds is 4. The Morgan fingerprint density at radius 1 is 1.33 bits per heavy atom. The second-order valence-corrected chi connectivity index (χ2v) is 7.04. The number of aromatic nitrogens is 1. The zero-order valence-electron chi connectivity index (χ0n) is 11.6. The fourth-order valence-corrected chi connectivity index (χ4v) is 4.10. The minimum Gasteiger partial charge on any atom is -0.393 e. The molecular weight excluding hydrogens is 304 g/mol. The van der Waals surface area contributed by atoms with Gasteiger partial charge in [-0.3, -0.25) is 4.79 Å². The van der Waals surface area contributed by atoms with Gasteiger partial charge in [-0.25, -0.2) is 4.98 Å². The number of aliphatic hydroxyl groups is 1. The lowest BCUT2D eigenvalue weighted by atomic mass is 9.93. The predicted octanol–water partition coefficient (Wildman–Crippen LogP) is 2.83. The van der Waals surface area contributed by atoms with E-state index in [0.717, 1.165) is 41.9 Å². The summed E-state index contributed by atoms with van der Waals surface area (Å²) in [4.78, 5) is 16.6. The van der Waals surface area contributed by atoms with Crippen molar-refractivity contribution in [2.24, 2.45) is 0 Å². The maximum atomic E-state index is 12.1. The van der Waals surface area contributed by atoms with Crippen molar-refractivity contribution in [3.8, 4) is 10.6 Å². The van der Waals surface area contributed by atoms with Gasteiger partial charge in [0.05, 0.1) is 18.2 Å². The number of carbonyl (C=O) groups excluding carboxylic acids is 1. The van der Waals surface area contributed by atoms with E-state index in [-0.39, 0.29) is 18.1 Å². The van der Waals surface area contributed by atoms with Crippen LogP contribution in [0, 0.1) is 0 Å². The van der Waals surface area contributed by atoms with Gasteiger partial charge < -0.3 is 10.4 Å². The topological polar surface area (TPSA) is 62.2 Å². The molecule has 2 aromatic rings. The van der Waals surface area contributed by atoms with E-state index < -0.39 is 0 Å². The van der Waals surface area contributed by atoms with E-state index in [9.17, 15) is 9.90 Å². The predicted molar refractivity (Wildman–Crippen MR) is 85.5 cm³/mol. The molecular formula is C15H18N2O2S2. The second-order valence-electron chi connectivity index (χ2n) is 5.41. The molecule has 112 valence electrons. The number of nitrogens with zero attached hydrogens (tertiary/aromatic N) is 1. The van der Waals surface area contributed by atoms with Crippen LogP contribution >= 0.6 is 22.7 Å². The summed E-state index contributed by atoms with van der Waals surface area (Å²) in [7, 11) is 0. The molecule has 21 heavy (non-hydrogen) atoms. The average Bonchev–Trinajstić information content (AvgIpc) is 3.12. The van der Waals surface area contributed by atoms with Crippen molar-refractivity contribution in [1.82, 2.24) is 10.3 Å². The lowest BCUT2D eigenvalue weighted by Gasteiger charge is -2.26. The monoisotopic (exact) mass is 322 g/mol. The van der Waals surface area contributed by atoms with Crippen LogP contribution < -0.4 is 5.32 Å². The Bertz CT molecular complexity index is 587. The zero-order valence-corrected chi connectivity index (χ0v) is 13.3. The van der Waals surface area contributed by atoms with E-state index in [1.807, 2.05) is 16.8 Å². The van der Waals surface area contributed by atoms with Crippen LogP contribution in [-0.4, -0.2) is 28.1 Å². The van der Waals surface area contributed by atoms with Gasteiger partial charge in [0.1, 0.15) is 5.01 Å². The maximum absolute atomic E-state index is 12.1. The zero-order chi connectivity index (χ0) is 14.7. The molecule has 3 rings (SSSR count). The molecule has 0 unspecified atom stereocenters. The first-order valence-corrected chi connectivity index (χ1v) is 8.97. The second kappa shape index (κ2) is 6.68. The van der Waals surface area contributed by atoms with E-state index in [1.165, 1.54) is 0 Å². The van der Waals surface area contributed by atoms with Crippen molar-refractivity contribution < 1.29 is 9.90 Å². The van der Waals surface area contributed by atoms with Crippen LogP contribution in [0.5, 0.6) is 0 Å². The van der Waals surface area contributed by atoms with Crippen LogP contribution in [0.25, 0.3) is 10.6 Å². The van der Waals surface area contributed by atoms with Crippen molar-refractivity contribution in [1.29, 1.82) is 0 Å². The van der Waals surface area contributed by atoms with Gasteiger partial charge in [-0.15, -0.1) is 11.3 Å². The number of aliphatic hydroxyl groups excluding tert-OH is 1. The molecule has 2 heterocycles. The molecule has 1 aliphatic carbocycles. The van der Waals surface area contributed by atoms with E-state index in [4.69, 9.17) is 0 Å². The molecule has 0 spiro atoms. The summed E-state index contributed by atoms with van der Waals surface area (Å²) in [6.45, 7) is 0. The molecule has 1 saturated carbocycles. The van der Waals surface area contributed by atoms with Gasteiger partial charge in [-0.2, -0.15) is 11.3 Å². The van der Waals surface area contributed by atoms with Gasteiger partial charge in [0, 0.05) is 22.4 Å². The Morgan fingerprint density at radius 3 is 2.86 bits per heavy atom. The number of hydrogen-bond acceptors (Lipinski definition) is 5. The number of hydrogen-bond donors (Lipinski definition) is 2. The third kappa shape index (κ3) is 3.90. The van der Waals surface area contributed by atoms with Gasteiger partial charge in [0.2, 0.25) is 5.91 Å².